The summed E-state index contributed by atoms with van der Waals surface area (Å²) < 4.78 is 0.514. The van der Waals surface area contributed by atoms with Crippen LogP contribution in [0.15, 0.2) is 10.4 Å². The summed E-state index contributed by atoms with van der Waals surface area (Å²) in [6.45, 7) is 0. The Hall–Kier alpha value is 0.449. The van der Waals surface area contributed by atoms with Crippen LogP contribution in [0.1, 0.15) is 0 Å². The Kier molecular flexibility index (Phi) is 3.60. The standard InChI is InChI=1S/C5H5NS2Se/c6-4-8-5-3-9-2-1-7-5/h1-2,5H,3H2. The van der Waals surface area contributed by atoms with Gasteiger partial charge in [0.25, 0.3) is 0 Å². The zero-order valence-corrected chi connectivity index (χ0v) is 7.96. The van der Waals surface area contributed by atoms with Crippen molar-refractivity contribution in [2.24, 2.45) is 0 Å². The van der Waals surface area contributed by atoms with Crippen LogP contribution < -0.4 is 0 Å². The molecule has 1 nitrogen and oxygen atoms in total. The zero-order chi connectivity index (χ0) is 6.53. The summed E-state index contributed by atoms with van der Waals surface area (Å²) in [7, 11) is 0. The molecule has 0 saturated heterocycles. The van der Waals surface area contributed by atoms with Gasteiger partial charge in [-0.05, 0) is 0 Å². The van der Waals surface area contributed by atoms with Crippen LogP contribution in [-0.2, 0) is 0 Å². The molecule has 1 unspecified atom stereocenters. The number of thiocyanates is 1. The Morgan fingerprint density at radius 3 is 3.33 bits per heavy atom. The molecule has 9 heavy (non-hydrogen) atoms. The average Bonchev–Trinajstić information content (AvgIpc) is 1.91. The SMILES string of the molecule is N#CSC1C[Se]C=CS1. The van der Waals surface area contributed by atoms with Gasteiger partial charge in [0.05, 0.1) is 0 Å². The van der Waals surface area contributed by atoms with Gasteiger partial charge in [0.1, 0.15) is 0 Å². The van der Waals surface area contributed by atoms with Crippen LogP contribution in [0.3, 0.4) is 0 Å². The molecule has 4 heteroatoms. The van der Waals surface area contributed by atoms with E-state index in [1.807, 2.05) is 0 Å². The van der Waals surface area contributed by atoms with Crippen molar-refractivity contribution < 1.29 is 0 Å². The van der Waals surface area contributed by atoms with E-state index in [0.29, 0.717) is 19.5 Å². The van der Waals surface area contributed by atoms with E-state index >= 15 is 0 Å². The second-order valence-electron chi connectivity index (χ2n) is 1.38. The second-order valence-corrected chi connectivity index (χ2v) is 5.75. The molecular formula is C5H5NS2Se. The van der Waals surface area contributed by atoms with Crippen LogP contribution in [0.5, 0.6) is 0 Å². The van der Waals surface area contributed by atoms with E-state index < -0.39 is 0 Å². The molecule has 0 amide bonds. The molecule has 0 aliphatic carbocycles. The van der Waals surface area contributed by atoms with Gasteiger partial charge >= 0.3 is 69.4 Å². The molecule has 0 bridgehead atoms. The molecular weight excluding hydrogens is 217 g/mol. The summed E-state index contributed by atoms with van der Waals surface area (Å²) in [5.41, 5.74) is 0. The molecule has 1 atom stereocenters. The fraction of sp³-hybridized carbons (Fsp3) is 0.400. The van der Waals surface area contributed by atoms with Crippen molar-refractivity contribution in [1.29, 1.82) is 5.26 Å². The third-order valence-corrected chi connectivity index (χ3v) is 5.85. The van der Waals surface area contributed by atoms with E-state index in [4.69, 9.17) is 5.26 Å². The van der Waals surface area contributed by atoms with Crippen LogP contribution in [0, 0.1) is 10.7 Å². The fourth-order valence-corrected chi connectivity index (χ4v) is 4.78. The Bertz CT molecular complexity index is 152. The summed E-state index contributed by atoms with van der Waals surface area (Å²) in [5.74, 6) is 0. The van der Waals surface area contributed by atoms with E-state index in [-0.39, 0.29) is 0 Å². The minimum absolute atomic E-state index is 0.514. The number of nitrogens with zero attached hydrogens (tertiary/aromatic N) is 1. The Balaban J connectivity index is 2.28. The van der Waals surface area contributed by atoms with Crippen molar-refractivity contribution in [3.05, 3.63) is 10.4 Å². The van der Waals surface area contributed by atoms with E-state index in [1.54, 1.807) is 11.8 Å². The van der Waals surface area contributed by atoms with Gasteiger partial charge in [-0.3, -0.25) is 0 Å². The number of hydrogen-bond donors (Lipinski definition) is 0. The first-order valence-corrected chi connectivity index (χ1v) is 6.42. The maximum atomic E-state index is 8.30. The van der Waals surface area contributed by atoms with E-state index in [2.05, 4.69) is 15.8 Å². The third-order valence-electron chi connectivity index (χ3n) is 0.799. The van der Waals surface area contributed by atoms with E-state index in [9.17, 15) is 0 Å². The van der Waals surface area contributed by atoms with Crippen LogP contribution in [0.4, 0.5) is 0 Å². The van der Waals surface area contributed by atoms with Crippen molar-refractivity contribution in [1.82, 2.24) is 0 Å². The average molecular weight is 222 g/mol. The van der Waals surface area contributed by atoms with E-state index in [1.165, 1.54) is 17.1 Å². The monoisotopic (exact) mass is 223 g/mol. The number of hydrogen-bond acceptors (Lipinski definition) is 3. The summed E-state index contributed by atoms with van der Waals surface area (Å²) in [4.78, 5) is 2.21. The van der Waals surface area contributed by atoms with Crippen molar-refractivity contribution in [2.45, 2.75) is 9.90 Å². The Labute approximate surface area is 69.4 Å². The molecule has 1 aliphatic heterocycles. The van der Waals surface area contributed by atoms with Gasteiger partial charge in [0.15, 0.2) is 0 Å². The molecule has 1 heterocycles. The molecule has 0 N–H and O–H groups in total. The normalized spacial score (nSPS) is 25.4. The van der Waals surface area contributed by atoms with Crippen molar-refractivity contribution in [3.8, 4) is 5.40 Å². The van der Waals surface area contributed by atoms with Gasteiger partial charge in [-0.15, -0.1) is 0 Å². The number of thioether (sulfide) groups is 2. The summed E-state index contributed by atoms with van der Waals surface area (Å²) >= 11 is 3.80. The van der Waals surface area contributed by atoms with Gasteiger partial charge in [0, 0.05) is 0 Å². The van der Waals surface area contributed by atoms with Gasteiger partial charge in [-0.1, -0.05) is 0 Å². The number of rotatable bonds is 1. The first-order chi connectivity index (χ1) is 4.43. The summed E-state index contributed by atoms with van der Waals surface area (Å²) in [6.07, 6.45) is 0. The molecule has 0 fully saturated rings. The predicted molar refractivity (Wildman–Crippen MR) is 44.3 cm³/mol. The molecule has 0 radical (unpaired) electrons. The van der Waals surface area contributed by atoms with Crippen molar-refractivity contribution in [2.75, 3.05) is 0 Å². The minimum atomic E-state index is 0.514. The molecule has 0 aromatic rings. The predicted octanol–water partition coefficient (Wildman–Crippen LogP) is 1.87. The van der Waals surface area contributed by atoms with E-state index in [0.717, 1.165) is 0 Å². The summed E-state index contributed by atoms with van der Waals surface area (Å²) in [6, 6.07) is 0. The van der Waals surface area contributed by atoms with Gasteiger partial charge in [-0.25, -0.2) is 0 Å². The van der Waals surface area contributed by atoms with Gasteiger partial charge < -0.3 is 0 Å². The Morgan fingerprint density at radius 1 is 1.89 bits per heavy atom. The van der Waals surface area contributed by atoms with Crippen molar-refractivity contribution >= 4 is 38.5 Å². The van der Waals surface area contributed by atoms with Crippen LogP contribution in [0.25, 0.3) is 0 Å². The van der Waals surface area contributed by atoms with Crippen LogP contribution in [0.2, 0.25) is 5.32 Å². The topological polar surface area (TPSA) is 23.8 Å². The third kappa shape index (κ3) is 2.68. The van der Waals surface area contributed by atoms with Gasteiger partial charge in [0.2, 0.25) is 0 Å². The second kappa shape index (κ2) is 4.29. The first-order valence-electron chi connectivity index (χ1n) is 2.40. The molecule has 1 rings (SSSR count). The number of nitriles is 1. The molecule has 48 valence electrons. The molecule has 0 saturated carbocycles. The molecule has 1 aliphatic rings. The summed E-state index contributed by atoms with van der Waals surface area (Å²) in [5, 5.41) is 13.7. The Morgan fingerprint density at radius 2 is 2.78 bits per heavy atom. The first kappa shape index (κ1) is 7.56. The molecule has 0 aromatic carbocycles. The fourth-order valence-electron chi connectivity index (χ4n) is 0.453. The molecule has 0 aromatic heterocycles. The van der Waals surface area contributed by atoms with Crippen LogP contribution >= 0.6 is 23.5 Å². The molecule has 0 spiro atoms. The van der Waals surface area contributed by atoms with Crippen LogP contribution in [-0.4, -0.2) is 19.5 Å². The van der Waals surface area contributed by atoms with Gasteiger partial charge in [-0.2, -0.15) is 0 Å². The zero-order valence-electron chi connectivity index (χ0n) is 4.61. The quantitative estimate of drug-likeness (QED) is 0.500. The van der Waals surface area contributed by atoms with Crippen molar-refractivity contribution in [3.63, 3.8) is 0 Å². The maximum absolute atomic E-state index is 8.30.